The van der Waals surface area contributed by atoms with Crippen LogP contribution in [0, 0.1) is 0 Å². The zero-order valence-corrected chi connectivity index (χ0v) is 14.9. The highest BCUT2D eigenvalue weighted by molar-refractivity contribution is 6.62. The fraction of sp³-hybridized carbons (Fsp3) is 0.571. The second kappa shape index (κ2) is 12.1. The van der Waals surface area contributed by atoms with Gasteiger partial charge in [-0.15, -0.1) is 0 Å². The Kier molecular flexibility index (Phi) is 12.5. The first-order valence-corrected chi connectivity index (χ1v) is 8.42. The predicted molar refractivity (Wildman–Crippen MR) is 84.2 cm³/mol. The minimum atomic E-state index is -2.94. The molecular weight excluding hydrogens is 308 g/mol. The zero-order valence-electron chi connectivity index (χ0n) is 13.9. The van der Waals surface area contributed by atoms with Crippen molar-refractivity contribution >= 4 is 20.7 Å². The van der Waals surface area contributed by atoms with Crippen molar-refractivity contribution in [1.82, 2.24) is 0 Å². The molecule has 0 aromatic rings. The number of hydrogen-bond acceptors (Lipinski definition) is 6. The number of rotatable bonds is 9. The smallest absolute Gasteiger partial charge is 0.478 e. The van der Waals surface area contributed by atoms with Crippen molar-refractivity contribution in [3.8, 4) is 0 Å². The summed E-state index contributed by atoms with van der Waals surface area (Å²) in [7, 11) is 1.53. The molecule has 1 N–H and O–H groups in total. The van der Waals surface area contributed by atoms with Crippen molar-refractivity contribution in [2.75, 3.05) is 21.3 Å². The van der Waals surface area contributed by atoms with Gasteiger partial charge in [-0.05, 0) is 13.3 Å². The molecule has 0 aliphatic carbocycles. The molecule has 0 aromatic heterocycles. The van der Waals surface area contributed by atoms with Crippen LogP contribution >= 0.6 is 0 Å². The summed E-state index contributed by atoms with van der Waals surface area (Å²) in [6.45, 7) is 9.93. The Morgan fingerprint density at radius 2 is 1.64 bits per heavy atom. The lowest BCUT2D eigenvalue weighted by atomic mass is 10.3. The second-order valence-electron chi connectivity index (χ2n) is 4.22. The van der Waals surface area contributed by atoms with Crippen molar-refractivity contribution < 1.29 is 32.7 Å². The molecule has 0 radical (unpaired) electrons. The summed E-state index contributed by atoms with van der Waals surface area (Å²) in [5.74, 6) is -1.43. The maximum Gasteiger partial charge on any atom is 0.543 e. The number of carbonyl (C=O) groups excluding carboxylic acids is 1. The third kappa shape index (κ3) is 8.08. The Bertz CT molecular complexity index is 357. The average Bonchev–Trinajstić information content (AvgIpc) is 2.50. The fourth-order valence-corrected chi connectivity index (χ4v) is 3.59. The van der Waals surface area contributed by atoms with Crippen LogP contribution in [0.3, 0.4) is 0 Å². The SMILES string of the molecule is C=C(C)C(=O)O.C=CC(=O)OC(CCC)[Si](OC)(OC)OC. The Labute approximate surface area is 132 Å². The highest BCUT2D eigenvalue weighted by Crippen LogP contribution is 2.19. The summed E-state index contributed by atoms with van der Waals surface area (Å²) < 4.78 is 21.0. The normalized spacial score (nSPS) is 11.7. The van der Waals surface area contributed by atoms with Crippen LogP contribution in [0.5, 0.6) is 0 Å². The molecule has 0 bridgehead atoms. The molecule has 0 aliphatic heterocycles. The van der Waals surface area contributed by atoms with Gasteiger partial charge in [0.2, 0.25) is 0 Å². The third-order valence-electron chi connectivity index (χ3n) is 2.59. The van der Waals surface area contributed by atoms with E-state index in [0.717, 1.165) is 12.5 Å². The highest BCUT2D eigenvalue weighted by Gasteiger charge is 2.49. The van der Waals surface area contributed by atoms with Crippen molar-refractivity contribution in [2.45, 2.75) is 32.4 Å². The standard InChI is InChI=1S/C10H20O5Si.C4H6O2/c1-6-8-10(15-9(11)7-2)16(12-3,13-4)14-5;1-3(2)4(5)6/h7,10H,2,6,8H2,1,3-5H3;1H2,2H3,(H,5,6). The van der Waals surface area contributed by atoms with Crippen molar-refractivity contribution in [3.05, 3.63) is 24.8 Å². The monoisotopic (exact) mass is 334 g/mol. The lowest BCUT2D eigenvalue weighted by Crippen LogP contribution is -2.56. The van der Waals surface area contributed by atoms with Crippen LogP contribution in [-0.4, -0.2) is 52.9 Å². The van der Waals surface area contributed by atoms with Crippen LogP contribution in [0.2, 0.25) is 0 Å². The maximum absolute atomic E-state index is 11.2. The summed E-state index contributed by atoms with van der Waals surface area (Å²) >= 11 is 0. The van der Waals surface area contributed by atoms with E-state index in [0.29, 0.717) is 6.42 Å². The number of carboxylic acid groups (broad SMARTS) is 1. The second-order valence-corrected chi connectivity index (χ2v) is 7.30. The molecule has 0 aromatic carbocycles. The van der Waals surface area contributed by atoms with Gasteiger partial charge in [0.25, 0.3) is 0 Å². The van der Waals surface area contributed by atoms with Crippen LogP contribution in [0.15, 0.2) is 24.8 Å². The highest BCUT2D eigenvalue weighted by atomic mass is 28.4. The van der Waals surface area contributed by atoms with Gasteiger partial charge in [0.05, 0.1) is 0 Å². The van der Waals surface area contributed by atoms with Gasteiger partial charge in [0.15, 0.2) is 5.73 Å². The Balaban J connectivity index is 0. The first-order valence-electron chi connectivity index (χ1n) is 6.61. The van der Waals surface area contributed by atoms with E-state index < -0.39 is 26.5 Å². The number of carboxylic acids is 1. The molecule has 0 amide bonds. The van der Waals surface area contributed by atoms with Gasteiger partial charge in [-0.1, -0.05) is 26.5 Å². The number of ether oxygens (including phenoxy) is 1. The molecule has 0 saturated heterocycles. The van der Waals surface area contributed by atoms with Crippen molar-refractivity contribution in [2.24, 2.45) is 0 Å². The minimum Gasteiger partial charge on any atom is -0.478 e. The van der Waals surface area contributed by atoms with Gasteiger partial charge >= 0.3 is 20.7 Å². The zero-order chi connectivity index (χ0) is 17.8. The van der Waals surface area contributed by atoms with E-state index in [1.54, 1.807) is 0 Å². The summed E-state index contributed by atoms with van der Waals surface area (Å²) in [5.41, 5.74) is -0.321. The molecule has 8 heteroatoms. The van der Waals surface area contributed by atoms with Gasteiger partial charge in [-0.25, -0.2) is 9.59 Å². The first-order chi connectivity index (χ1) is 10.2. The summed E-state index contributed by atoms with van der Waals surface area (Å²) in [6, 6.07) is 0. The summed E-state index contributed by atoms with van der Waals surface area (Å²) in [4.78, 5) is 20.8. The lowest BCUT2D eigenvalue weighted by Gasteiger charge is -2.31. The van der Waals surface area contributed by atoms with Gasteiger partial charge in [0, 0.05) is 33.0 Å². The minimum absolute atomic E-state index is 0.176. The van der Waals surface area contributed by atoms with E-state index in [9.17, 15) is 9.59 Å². The topological polar surface area (TPSA) is 91.3 Å². The Morgan fingerprint density at radius 3 is 1.86 bits per heavy atom. The molecular formula is C14H26O7Si. The van der Waals surface area contributed by atoms with Crippen molar-refractivity contribution in [1.29, 1.82) is 0 Å². The molecule has 1 atom stereocenters. The Hall–Kier alpha value is -1.48. The molecule has 0 rings (SSSR count). The number of aliphatic carboxylic acids is 1. The van der Waals surface area contributed by atoms with E-state index in [4.69, 9.17) is 23.1 Å². The maximum atomic E-state index is 11.2. The molecule has 7 nitrogen and oxygen atoms in total. The first kappa shape index (κ1) is 22.8. The molecule has 22 heavy (non-hydrogen) atoms. The predicted octanol–water partition coefficient (Wildman–Crippen LogP) is 1.95. The third-order valence-corrected chi connectivity index (χ3v) is 5.49. The fourth-order valence-electron chi connectivity index (χ4n) is 1.40. The average molecular weight is 334 g/mol. The molecule has 0 saturated carbocycles. The number of carbonyl (C=O) groups is 2. The molecule has 0 aliphatic rings. The summed E-state index contributed by atoms with van der Waals surface area (Å²) in [6.07, 6.45) is 2.57. The Morgan fingerprint density at radius 1 is 1.23 bits per heavy atom. The van der Waals surface area contributed by atoms with Gasteiger partial charge in [0.1, 0.15) is 0 Å². The van der Waals surface area contributed by atoms with E-state index in [1.165, 1.54) is 28.3 Å². The number of hydrogen-bond donors (Lipinski definition) is 1. The van der Waals surface area contributed by atoms with Crippen LogP contribution in [0.4, 0.5) is 0 Å². The van der Waals surface area contributed by atoms with E-state index in [1.807, 2.05) is 6.92 Å². The molecule has 128 valence electrons. The van der Waals surface area contributed by atoms with Crippen molar-refractivity contribution in [3.63, 3.8) is 0 Å². The number of esters is 1. The summed E-state index contributed by atoms with van der Waals surface area (Å²) in [5, 5.41) is 7.89. The van der Waals surface area contributed by atoms with Gasteiger partial charge < -0.3 is 23.1 Å². The lowest BCUT2D eigenvalue weighted by molar-refractivity contribution is -0.143. The van der Waals surface area contributed by atoms with E-state index in [-0.39, 0.29) is 5.57 Å². The van der Waals surface area contributed by atoms with E-state index >= 15 is 0 Å². The quantitative estimate of drug-likeness (QED) is 0.391. The van der Waals surface area contributed by atoms with Gasteiger partial charge in [-0.2, -0.15) is 0 Å². The van der Waals surface area contributed by atoms with Gasteiger partial charge in [-0.3, -0.25) is 0 Å². The molecule has 0 heterocycles. The van der Waals surface area contributed by atoms with Crippen LogP contribution in [-0.2, 0) is 27.6 Å². The molecule has 0 spiro atoms. The van der Waals surface area contributed by atoms with E-state index in [2.05, 4.69) is 13.2 Å². The largest absolute Gasteiger partial charge is 0.543 e. The molecule has 1 unspecified atom stereocenters. The van der Waals surface area contributed by atoms with Crippen LogP contribution in [0.25, 0.3) is 0 Å². The molecule has 0 fully saturated rings. The van der Waals surface area contributed by atoms with Crippen LogP contribution < -0.4 is 0 Å². The van der Waals surface area contributed by atoms with Crippen LogP contribution in [0.1, 0.15) is 26.7 Å².